The number of hydrogen-bond donors (Lipinski definition) is 2. The number of fused-ring (bicyclic) bond motifs is 1. The van der Waals surface area contributed by atoms with Gasteiger partial charge in [-0.3, -0.25) is 9.59 Å². The number of hydrogen-bond acceptors (Lipinski definition) is 7. The SMILES string of the molecule is CN1C(=O)[C@@H](NC(=O)c2ncn(Cc3ccccc3)n2)CSc2cc(NCCCC(F)(F)F)ncc21. The van der Waals surface area contributed by atoms with Crippen LogP contribution in [-0.2, 0) is 11.3 Å². The molecule has 0 saturated heterocycles. The molecule has 0 aliphatic carbocycles. The quantitative estimate of drug-likeness (QED) is 0.440. The first kappa shape index (κ1) is 25.5. The van der Waals surface area contributed by atoms with Crippen molar-refractivity contribution in [2.45, 2.75) is 36.5 Å². The van der Waals surface area contributed by atoms with Gasteiger partial charge in [-0.1, -0.05) is 30.3 Å². The van der Waals surface area contributed by atoms with Crippen molar-refractivity contribution in [3.05, 3.63) is 60.3 Å². The lowest BCUT2D eigenvalue weighted by Gasteiger charge is -2.21. The maximum absolute atomic E-state index is 13.0. The first-order valence-corrected chi connectivity index (χ1v) is 12.1. The lowest BCUT2D eigenvalue weighted by Crippen LogP contribution is -2.48. The predicted octanol–water partition coefficient (Wildman–Crippen LogP) is 3.34. The highest BCUT2D eigenvalue weighted by atomic mass is 32.2. The molecule has 36 heavy (non-hydrogen) atoms. The van der Waals surface area contributed by atoms with E-state index in [1.807, 2.05) is 30.3 Å². The van der Waals surface area contributed by atoms with Crippen LogP contribution in [0.1, 0.15) is 29.0 Å². The van der Waals surface area contributed by atoms with Crippen LogP contribution in [0.4, 0.5) is 24.7 Å². The normalized spacial score (nSPS) is 15.8. The molecular formula is C23H24F3N7O2S. The van der Waals surface area contributed by atoms with Gasteiger partial charge in [-0.15, -0.1) is 16.9 Å². The highest BCUT2D eigenvalue weighted by Crippen LogP contribution is 2.34. The molecule has 1 aliphatic heterocycles. The molecule has 190 valence electrons. The Labute approximate surface area is 209 Å². The van der Waals surface area contributed by atoms with E-state index in [-0.39, 0.29) is 30.5 Å². The fraction of sp³-hybridized carbons (Fsp3) is 0.348. The smallest absolute Gasteiger partial charge is 0.370 e. The maximum Gasteiger partial charge on any atom is 0.389 e. The van der Waals surface area contributed by atoms with Crippen molar-refractivity contribution in [2.75, 3.05) is 29.6 Å². The highest BCUT2D eigenvalue weighted by molar-refractivity contribution is 7.99. The van der Waals surface area contributed by atoms with Crippen LogP contribution in [-0.4, -0.2) is 63.1 Å². The first-order valence-electron chi connectivity index (χ1n) is 11.1. The summed E-state index contributed by atoms with van der Waals surface area (Å²) in [4.78, 5) is 36.2. The molecule has 3 heterocycles. The Hall–Kier alpha value is -3.61. The number of rotatable bonds is 8. The van der Waals surface area contributed by atoms with E-state index in [1.165, 1.54) is 29.2 Å². The zero-order chi connectivity index (χ0) is 25.7. The zero-order valence-corrected chi connectivity index (χ0v) is 20.1. The van der Waals surface area contributed by atoms with Crippen molar-refractivity contribution in [1.82, 2.24) is 25.1 Å². The Morgan fingerprint density at radius 3 is 2.75 bits per heavy atom. The maximum atomic E-state index is 13.0. The van der Waals surface area contributed by atoms with Gasteiger partial charge >= 0.3 is 6.18 Å². The largest absolute Gasteiger partial charge is 0.389 e. The van der Waals surface area contributed by atoms with E-state index >= 15 is 0 Å². The van der Waals surface area contributed by atoms with Crippen LogP contribution >= 0.6 is 11.8 Å². The number of nitrogens with zero attached hydrogens (tertiary/aromatic N) is 5. The van der Waals surface area contributed by atoms with Gasteiger partial charge in [0.1, 0.15) is 18.2 Å². The number of likely N-dealkylation sites (N-methyl/N-ethyl adjacent to an activating group) is 1. The summed E-state index contributed by atoms with van der Waals surface area (Å²) in [6, 6.07) is 10.5. The molecule has 2 amide bonds. The van der Waals surface area contributed by atoms with Gasteiger partial charge in [-0.05, 0) is 18.1 Å². The van der Waals surface area contributed by atoms with Crippen molar-refractivity contribution < 1.29 is 22.8 Å². The van der Waals surface area contributed by atoms with Crippen molar-refractivity contribution in [3.8, 4) is 0 Å². The molecule has 13 heteroatoms. The number of alkyl halides is 3. The van der Waals surface area contributed by atoms with Crippen LogP contribution in [0.5, 0.6) is 0 Å². The molecule has 4 rings (SSSR count). The summed E-state index contributed by atoms with van der Waals surface area (Å²) in [7, 11) is 1.58. The first-order chi connectivity index (χ1) is 17.2. The van der Waals surface area contributed by atoms with E-state index in [0.717, 1.165) is 10.5 Å². The summed E-state index contributed by atoms with van der Waals surface area (Å²) < 4.78 is 38.5. The monoisotopic (exact) mass is 519 g/mol. The number of benzene rings is 1. The molecule has 0 bridgehead atoms. The van der Waals surface area contributed by atoms with E-state index in [0.29, 0.717) is 18.1 Å². The minimum absolute atomic E-state index is 0.0415. The van der Waals surface area contributed by atoms with E-state index in [2.05, 4.69) is 25.7 Å². The fourth-order valence-corrected chi connectivity index (χ4v) is 4.67. The number of thioether (sulfide) groups is 1. The minimum Gasteiger partial charge on any atom is -0.370 e. The number of carbonyl (C=O) groups excluding carboxylic acids is 2. The molecule has 2 aromatic heterocycles. The van der Waals surface area contributed by atoms with Crippen molar-refractivity contribution in [3.63, 3.8) is 0 Å². The van der Waals surface area contributed by atoms with Crippen LogP contribution in [0, 0.1) is 0 Å². The molecule has 0 radical (unpaired) electrons. The Kier molecular flexibility index (Phi) is 7.77. The molecule has 2 N–H and O–H groups in total. The van der Waals surface area contributed by atoms with E-state index in [1.54, 1.807) is 17.8 Å². The van der Waals surface area contributed by atoms with E-state index in [4.69, 9.17) is 0 Å². The molecule has 1 aromatic carbocycles. The van der Waals surface area contributed by atoms with Crippen LogP contribution in [0.15, 0.2) is 53.8 Å². The topological polar surface area (TPSA) is 105 Å². The predicted molar refractivity (Wildman–Crippen MR) is 129 cm³/mol. The van der Waals surface area contributed by atoms with Crippen LogP contribution in [0.2, 0.25) is 0 Å². The van der Waals surface area contributed by atoms with Gasteiger partial charge in [0.15, 0.2) is 0 Å². The second-order valence-corrected chi connectivity index (χ2v) is 9.23. The third-order valence-corrected chi connectivity index (χ3v) is 6.56. The summed E-state index contributed by atoms with van der Waals surface area (Å²) in [6.45, 7) is 0.574. The zero-order valence-electron chi connectivity index (χ0n) is 19.3. The summed E-state index contributed by atoms with van der Waals surface area (Å²) in [6.07, 6.45) is -2.20. The summed E-state index contributed by atoms with van der Waals surface area (Å²) in [5.74, 6) is -0.263. The average Bonchev–Trinajstić information content (AvgIpc) is 3.28. The molecule has 1 aliphatic rings. The molecule has 1 atom stereocenters. The van der Waals surface area contributed by atoms with E-state index < -0.39 is 24.5 Å². The van der Waals surface area contributed by atoms with Gasteiger partial charge in [0, 0.05) is 30.7 Å². The number of carbonyl (C=O) groups is 2. The summed E-state index contributed by atoms with van der Waals surface area (Å²) in [5, 5.41) is 9.80. The van der Waals surface area contributed by atoms with Crippen LogP contribution < -0.4 is 15.5 Å². The van der Waals surface area contributed by atoms with Gasteiger partial charge in [0.25, 0.3) is 5.91 Å². The van der Waals surface area contributed by atoms with Gasteiger partial charge < -0.3 is 15.5 Å². The van der Waals surface area contributed by atoms with Gasteiger partial charge in [0.05, 0.1) is 18.4 Å². The number of pyridine rings is 1. The second kappa shape index (κ2) is 11.0. The van der Waals surface area contributed by atoms with Gasteiger partial charge in [0.2, 0.25) is 11.7 Å². The second-order valence-electron chi connectivity index (χ2n) is 8.17. The van der Waals surface area contributed by atoms with Crippen molar-refractivity contribution >= 4 is 35.1 Å². The molecular weight excluding hydrogens is 495 g/mol. The standard InChI is InChI=1S/C23H24F3N7O2S/c1-32-17-11-28-19(27-9-5-8-23(24,25)26)10-18(17)36-13-16(22(32)35)30-21(34)20-29-14-33(31-20)12-15-6-3-2-4-7-15/h2-4,6-7,10-11,14,16H,5,8-9,12-13H2,1H3,(H,27,28)(H,30,34)/t16-/m0/s1. The summed E-state index contributed by atoms with van der Waals surface area (Å²) >= 11 is 1.34. The average molecular weight is 520 g/mol. The molecule has 0 fully saturated rings. The third kappa shape index (κ3) is 6.53. The van der Waals surface area contributed by atoms with Crippen molar-refractivity contribution in [2.24, 2.45) is 0 Å². The van der Waals surface area contributed by atoms with Crippen molar-refractivity contribution in [1.29, 1.82) is 0 Å². The summed E-state index contributed by atoms with van der Waals surface area (Å²) in [5.41, 5.74) is 1.56. The minimum atomic E-state index is -4.20. The van der Waals surface area contributed by atoms with Crippen LogP contribution in [0.3, 0.4) is 0 Å². The number of halogens is 3. The number of amides is 2. The molecule has 0 spiro atoms. The Balaban J connectivity index is 1.37. The van der Waals surface area contributed by atoms with Gasteiger partial charge in [-0.2, -0.15) is 13.2 Å². The van der Waals surface area contributed by atoms with E-state index in [9.17, 15) is 22.8 Å². The number of anilines is 2. The highest BCUT2D eigenvalue weighted by Gasteiger charge is 2.31. The number of nitrogens with one attached hydrogen (secondary N) is 2. The lowest BCUT2D eigenvalue weighted by atomic mass is 10.2. The molecule has 3 aromatic rings. The third-order valence-electron chi connectivity index (χ3n) is 5.42. The Morgan fingerprint density at radius 2 is 2.00 bits per heavy atom. The van der Waals surface area contributed by atoms with Crippen LogP contribution in [0.25, 0.3) is 0 Å². The van der Waals surface area contributed by atoms with Gasteiger partial charge in [-0.25, -0.2) is 14.6 Å². The molecule has 0 unspecified atom stereocenters. The fourth-order valence-electron chi connectivity index (χ4n) is 3.57. The lowest BCUT2D eigenvalue weighted by molar-refractivity contribution is -0.134. The Bertz CT molecular complexity index is 1220. The molecule has 0 saturated carbocycles. The Morgan fingerprint density at radius 1 is 1.22 bits per heavy atom. The molecule has 9 nitrogen and oxygen atoms in total. The number of aromatic nitrogens is 4.